The van der Waals surface area contributed by atoms with Crippen molar-refractivity contribution in [2.45, 2.75) is 40.3 Å². The Morgan fingerprint density at radius 3 is 2.70 bits per heavy atom. The minimum Gasteiger partial charge on any atom is -0.331 e. The van der Waals surface area contributed by atoms with E-state index in [1.165, 1.54) is 10.4 Å². The zero-order valence-corrected chi connectivity index (χ0v) is 14.6. The quantitative estimate of drug-likeness (QED) is 0.737. The number of pyridine rings is 1. The standard InChI is InChI=1S/C17H20N4OS/c1-11(2)20(10-15-12(3)7-8-23-15)17(22)14-5-6-16-19-18-13(4)21(16)9-14/h5-9,11H,10H2,1-4H3. The van der Waals surface area contributed by atoms with Gasteiger partial charge in [-0.3, -0.25) is 9.20 Å². The van der Waals surface area contributed by atoms with E-state index in [1.54, 1.807) is 11.3 Å². The fourth-order valence-corrected chi connectivity index (χ4v) is 3.41. The molecule has 23 heavy (non-hydrogen) atoms. The number of fused-ring (bicyclic) bond motifs is 1. The molecular formula is C17H20N4OS. The normalized spacial score (nSPS) is 11.3. The van der Waals surface area contributed by atoms with Gasteiger partial charge in [0.2, 0.25) is 0 Å². The summed E-state index contributed by atoms with van der Waals surface area (Å²) < 4.78 is 1.85. The minimum absolute atomic E-state index is 0.0304. The number of carbonyl (C=O) groups is 1. The summed E-state index contributed by atoms with van der Waals surface area (Å²) in [5.41, 5.74) is 2.64. The molecule has 6 heteroatoms. The highest BCUT2D eigenvalue weighted by molar-refractivity contribution is 7.10. The van der Waals surface area contributed by atoms with E-state index in [4.69, 9.17) is 0 Å². The molecule has 5 nitrogen and oxygen atoms in total. The van der Waals surface area contributed by atoms with Crippen LogP contribution < -0.4 is 0 Å². The number of thiophene rings is 1. The number of hydrogen-bond acceptors (Lipinski definition) is 4. The van der Waals surface area contributed by atoms with Crippen molar-refractivity contribution in [2.75, 3.05) is 0 Å². The Balaban J connectivity index is 1.93. The third-order valence-corrected chi connectivity index (χ3v) is 4.99. The van der Waals surface area contributed by atoms with Crippen LogP contribution in [0.1, 0.15) is 40.5 Å². The van der Waals surface area contributed by atoms with Gasteiger partial charge in [0.25, 0.3) is 5.91 Å². The molecule has 0 unspecified atom stereocenters. The maximum atomic E-state index is 13.0. The highest BCUT2D eigenvalue weighted by Gasteiger charge is 2.21. The van der Waals surface area contributed by atoms with Crippen molar-refractivity contribution >= 4 is 22.9 Å². The largest absolute Gasteiger partial charge is 0.331 e. The van der Waals surface area contributed by atoms with E-state index in [9.17, 15) is 4.79 Å². The highest BCUT2D eigenvalue weighted by Crippen LogP contribution is 2.21. The third kappa shape index (κ3) is 2.99. The average Bonchev–Trinajstić information content (AvgIpc) is 3.10. The number of carbonyl (C=O) groups excluding carboxylic acids is 1. The van der Waals surface area contributed by atoms with Gasteiger partial charge in [0.15, 0.2) is 5.65 Å². The molecule has 3 aromatic heterocycles. The lowest BCUT2D eigenvalue weighted by atomic mass is 10.2. The zero-order valence-electron chi connectivity index (χ0n) is 13.8. The Kier molecular flexibility index (Phi) is 4.17. The topological polar surface area (TPSA) is 50.5 Å². The molecular weight excluding hydrogens is 308 g/mol. The number of aromatic nitrogens is 3. The first kappa shape index (κ1) is 15.7. The number of rotatable bonds is 4. The molecule has 0 fully saturated rings. The lowest BCUT2D eigenvalue weighted by Gasteiger charge is -2.26. The smallest absolute Gasteiger partial charge is 0.255 e. The molecule has 120 valence electrons. The Bertz CT molecular complexity index is 849. The van der Waals surface area contributed by atoms with Gasteiger partial charge < -0.3 is 4.90 Å². The van der Waals surface area contributed by atoms with Gasteiger partial charge in [-0.25, -0.2) is 0 Å². The summed E-state index contributed by atoms with van der Waals surface area (Å²) in [5.74, 6) is 0.808. The maximum absolute atomic E-state index is 13.0. The van der Waals surface area contributed by atoms with Gasteiger partial charge >= 0.3 is 0 Å². The fraction of sp³-hybridized carbons (Fsp3) is 0.353. The van der Waals surface area contributed by atoms with Crippen molar-refractivity contribution in [1.29, 1.82) is 0 Å². The second kappa shape index (κ2) is 6.12. The van der Waals surface area contributed by atoms with Gasteiger partial charge in [-0.2, -0.15) is 0 Å². The van der Waals surface area contributed by atoms with Crippen molar-refractivity contribution in [1.82, 2.24) is 19.5 Å². The first-order chi connectivity index (χ1) is 11.0. The molecule has 0 saturated carbocycles. The van der Waals surface area contributed by atoms with Crippen LogP contribution in [0.3, 0.4) is 0 Å². The number of hydrogen-bond donors (Lipinski definition) is 0. The Morgan fingerprint density at radius 2 is 2.04 bits per heavy atom. The summed E-state index contributed by atoms with van der Waals surface area (Å²) in [7, 11) is 0. The summed E-state index contributed by atoms with van der Waals surface area (Å²) in [6.07, 6.45) is 1.82. The van der Waals surface area contributed by atoms with Gasteiger partial charge in [0.05, 0.1) is 12.1 Å². The van der Waals surface area contributed by atoms with Crippen LogP contribution in [0.25, 0.3) is 5.65 Å². The summed E-state index contributed by atoms with van der Waals surface area (Å²) in [4.78, 5) is 16.1. The molecule has 0 aliphatic rings. The molecule has 0 aromatic carbocycles. The van der Waals surface area contributed by atoms with Crippen molar-refractivity contribution in [3.05, 3.63) is 51.6 Å². The monoisotopic (exact) mass is 328 g/mol. The van der Waals surface area contributed by atoms with Crippen molar-refractivity contribution in [3.63, 3.8) is 0 Å². The van der Waals surface area contributed by atoms with E-state index < -0.39 is 0 Å². The molecule has 0 aliphatic heterocycles. The summed E-state index contributed by atoms with van der Waals surface area (Å²) in [6.45, 7) is 8.69. The molecule has 0 radical (unpaired) electrons. The number of nitrogens with zero attached hydrogens (tertiary/aromatic N) is 4. The van der Waals surface area contributed by atoms with Gasteiger partial charge in [0.1, 0.15) is 5.82 Å². The van der Waals surface area contributed by atoms with Crippen molar-refractivity contribution < 1.29 is 4.79 Å². The molecule has 1 amide bonds. The minimum atomic E-state index is 0.0304. The van der Waals surface area contributed by atoms with Crippen molar-refractivity contribution in [3.8, 4) is 0 Å². The molecule has 3 aromatic rings. The molecule has 3 rings (SSSR count). The second-order valence-electron chi connectivity index (χ2n) is 5.95. The SMILES string of the molecule is Cc1ccsc1CN(C(=O)c1ccc2nnc(C)n2c1)C(C)C. The fourth-order valence-electron chi connectivity index (χ4n) is 2.51. The molecule has 0 saturated heterocycles. The van der Waals surface area contributed by atoms with E-state index in [0.29, 0.717) is 12.1 Å². The molecule has 3 heterocycles. The van der Waals surface area contributed by atoms with E-state index in [1.807, 2.05) is 48.4 Å². The molecule has 0 aliphatic carbocycles. The van der Waals surface area contributed by atoms with Crippen molar-refractivity contribution in [2.24, 2.45) is 0 Å². The first-order valence-electron chi connectivity index (χ1n) is 7.62. The molecule has 0 atom stereocenters. The Morgan fingerprint density at radius 1 is 1.26 bits per heavy atom. The van der Waals surface area contributed by atoms with Crippen LogP contribution in [0.5, 0.6) is 0 Å². The van der Waals surface area contributed by atoms with E-state index in [2.05, 4.69) is 28.6 Å². The van der Waals surface area contributed by atoms with Crippen LogP contribution in [0.15, 0.2) is 29.8 Å². The van der Waals surface area contributed by atoms with Crippen LogP contribution >= 0.6 is 11.3 Å². The van der Waals surface area contributed by atoms with Crippen LogP contribution in [0.4, 0.5) is 0 Å². The predicted octanol–water partition coefficient (Wildman–Crippen LogP) is 3.46. The molecule has 0 N–H and O–H groups in total. The van der Waals surface area contributed by atoms with Gasteiger partial charge in [-0.05, 0) is 56.8 Å². The van der Waals surface area contributed by atoms with Crippen LogP contribution in [-0.4, -0.2) is 31.4 Å². The van der Waals surface area contributed by atoms with Crippen LogP contribution in [0, 0.1) is 13.8 Å². The molecule has 0 bridgehead atoms. The summed E-state index contributed by atoms with van der Waals surface area (Å²) in [6, 6.07) is 5.88. The lowest BCUT2D eigenvalue weighted by molar-refractivity contribution is 0.0691. The summed E-state index contributed by atoms with van der Waals surface area (Å²) in [5, 5.41) is 10.2. The number of amides is 1. The highest BCUT2D eigenvalue weighted by atomic mass is 32.1. The second-order valence-corrected chi connectivity index (χ2v) is 6.95. The summed E-state index contributed by atoms with van der Waals surface area (Å²) >= 11 is 1.70. The van der Waals surface area contributed by atoms with E-state index in [0.717, 1.165) is 11.5 Å². The third-order valence-electron chi connectivity index (χ3n) is 3.99. The predicted molar refractivity (Wildman–Crippen MR) is 91.8 cm³/mol. The van der Waals surface area contributed by atoms with Gasteiger partial charge in [-0.1, -0.05) is 0 Å². The molecule has 0 spiro atoms. The van der Waals surface area contributed by atoms with E-state index in [-0.39, 0.29) is 11.9 Å². The lowest BCUT2D eigenvalue weighted by Crippen LogP contribution is -2.36. The first-order valence-corrected chi connectivity index (χ1v) is 8.50. The Labute approximate surface area is 139 Å². The van der Waals surface area contributed by atoms with Crippen LogP contribution in [-0.2, 0) is 6.54 Å². The van der Waals surface area contributed by atoms with Gasteiger partial charge in [-0.15, -0.1) is 21.5 Å². The number of aryl methyl sites for hydroxylation is 2. The average molecular weight is 328 g/mol. The maximum Gasteiger partial charge on any atom is 0.255 e. The zero-order chi connectivity index (χ0) is 16.6. The van der Waals surface area contributed by atoms with E-state index >= 15 is 0 Å². The van der Waals surface area contributed by atoms with Gasteiger partial charge in [0, 0.05) is 17.1 Å². The Hall–Kier alpha value is -2.21. The van der Waals surface area contributed by atoms with Crippen LogP contribution in [0.2, 0.25) is 0 Å².